The van der Waals surface area contributed by atoms with E-state index in [2.05, 4.69) is 4.74 Å². The number of rotatable bonds is 4. The third-order valence-electron chi connectivity index (χ3n) is 2.28. The van der Waals surface area contributed by atoms with Crippen molar-refractivity contribution in [2.75, 3.05) is 12.8 Å². The molecule has 0 amide bonds. The number of methoxy groups -OCH3 is 1. The molecule has 0 radical (unpaired) electrons. The van der Waals surface area contributed by atoms with Gasteiger partial charge in [-0.3, -0.25) is 10.1 Å². The molecule has 0 heterocycles. The summed E-state index contributed by atoms with van der Waals surface area (Å²) in [5.74, 6) is -1.60. The van der Waals surface area contributed by atoms with Crippen LogP contribution in [0, 0.1) is 10.1 Å². The maximum Gasteiger partial charge on any atom is 0.346 e. The van der Waals surface area contributed by atoms with Gasteiger partial charge in [-0.25, -0.2) is 9.59 Å². The summed E-state index contributed by atoms with van der Waals surface area (Å²) in [6.07, 6.45) is -1.10. The molecule has 102 valence electrons. The van der Waals surface area contributed by atoms with E-state index in [0.29, 0.717) is 0 Å². The first-order valence-electron chi connectivity index (χ1n) is 5.19. The summed E-state index contributed by atoms with van der Waals surface area (Å²) in [7, 11) is 1.15. The van der Waals surface area contributed by atoms with Gasteiger partial charge in [0.1, 0.15) is 5.69 Å². The van der Waals surface area contributed by atoms with Crippen LogP contribution in [0.15, 0.2) is 18.2 Å². The van der Waals surface area contributed by atoms with Crippen molar-refractivity contribution in [2.45, 2.75) is 13.0 Å². The van der Waals surface area contributed by atoms with Crippen LogP contribution < -0.4 is 5.73 Å². The number of nitro benzene ring substituents is 1. The predicted molar refractivity (Wildman–Crippen MR) is 64.4 cm³/mol. The predicted octanol–water partition coefficient (Wildman–Crippen LogP) is 0.895. The van der Waals surface area contributed by atoms with E-state index >= 15 is 0 Å². The van der Waals surface area contributed by atoms with Gasteiger partial charge in [-0.1, -0.05) is 0 Å². The molecule has 0 bridgehead atoms. The molecule has 0 fully saturated rings. The summed E-state index contributed by atoms with van der Waals surface area (Å²) in [4.78, 5) is 32.7. The zero-order valence-electron chi connectivity index (χ0n) is 10.3. The Balaban J connectivity index is 2.92. The minimum atomic E-state index is -1.10. The second-order valence-electron chi connectivity index (χ2n) is 3.60. The summed E-state index contributed by atoms with van der Waals surface area (Å²) < 4.78 is 9.17. The lowest BCUT2D eigenvalue weighted by Crippen LogP contribution is -2.25. The topological polar surface area (TPSA) is 122 Å². The van der Waals surface area contributed by atoms with E-state index in [-0.39, 0.29) is 11.3 Å². The first-order chi connectivity index (χ1) is 8.86. The zero-order chi connectivity index (χ0) is 14.6. The number of nitrogens with zero attached hydrogens (tertiary/aromatic N) is 1. The molecule has 0 unspecified atom stereocenters. The molecular weight excluding hydrogens is 256 g/mol. The fourth-order valence-electron chi connectivity index (χ4n) is 1.27. The number of hydrogen-bond acceptors (Lipinski definition) is 7. The van der Waals surface area contributed by atoms with Crippen LogP contribution in [0.2, 0.25) is 0 Å². The molecule has 0 saturated heterocycles. The lowest BCUT2D eigenvalue weighted by atomic mass is 10.2. The standard InChI is InChI=1S/C11H12N2O6/c1-6(10(14)18-2)19-11(15)7-3-4-8(12)9(5-7)13(16)17/h3-6H,12H2,1-2H3/t6-/m1/s1. The van der Waals surface area contributed by atoms with Gasteiger partial charge in [0, 0.05) is 6.07 Å². The molecule has 1 atom stereocenters. The zero-order valence-corrected chi connectivity index (χ0v) is 10.3. The van der Waals surface area contributed by atoms with Crippen LogP contribution in [-0.2, 0) is 14.3 Å². The molecule has 1 rings (SSSR count). The number of anilines is 1. The fourth-order valence-corrected chi connectivity index (χ4v) is 1.27. The summed E-state index contributed by atoms with van der Waals surface area (Å²) in [6.45, 7) is 1.33. The number of carbonyl (C=O) groups excluding carboxylic acids is 2. The first-order valence-corrected chi connectivity index (χ1v) is 5.19. The average molecular weight is 268 g/mol. The van der Waals surface area contributed by atoms with Crippen molar-refractivity contribution in [3.63, 3.8) is 0 Å². The van der Waals surface area contributed by atoms with Gasteiger partial charge >= 0.3 is 11.9 Å². The van der Waals surface area contributed by atoms with Crippen molar-refractivity contribution in [2.24, 2.45) is 0 Å². The Morgan fingerprint density at radius 2 is 2.05 bits per heavy atom. The van der Waals surface area contributed by atoms with Gasteiger partial charge in [0.25, 0.3) is 5.69 Å². The van der Waals surface area contributed by atoms with Crippen molar-refractivity contribution in [1.29, 1.82) is 0 Å². The van der Waals surface area contributed by atoms with Crippen LogP contribution in [0.1, 0.15) is 17.3 Å². The second kappa shape index (κ2) is 5.80. The number of benzene rings is 1. The first kappa shape index (κ1) is 14.4. The Hall–Kier alpha value is -2.64. The Labute approximate surface area is 108 Å². The molecule has 1 aromatic carbocycles. The summed E-state index contributed by atoms with van der Waals surface area (Å²) in [5.41, 5.74) is 4.85. The molecule has 2 N–H and O–H groups in total. The van der Waals surface area contributed by atoms with Gasteiger partial charge in [0.15, 0.2) is 6.10 Å². The Kier molecular flexibility index (Phi) is 4.41. The molecule has 0 aliphatic carbocycles. The van der Waals surface area contributed by atoms with E-state index in [1.54, 1.807) is 0 Å². The number of ether oxygens (including phenoxy) is 2. The molecular formula is C11H12N2O6. The van der Waals surface area contributed by atoms with Crippen molar-refractivity contribution in [1.82, 2.24) is 0 Å². The average Bonchev–Trinajstić information content (AvgIpc) is 2.37. The summed E-state index contributed by atoms with van der Waals surface area (Å²) in [6, 6.07) is 3.48. The lowest BCUT2D eigenvalue weighted by Gasteiger charge is -2.10. The van der Waals surface area contributed by atoms with E-state index in [4.69, 9.17) is 10.5 Å². The van der Waals surface area contributed by atoms with Crippen LogP contribution in [0.3, 0.4) is 0 Å². The monoisotopic (exact) mass is 268 g/mol. The molecule has 19 heavy (non-hydrogen) atoms. The summed E-state index contributed by atoms with van der Waals surface area (Å²) in [5, 5.41) is 10.7. The lowest BCUT2D eigenvalue weighted by molar-refractivity contribution is -0.383. The Morgan fingerprint density at radius 3 is 2.58 bits per heavy atom. The number of carbonyl (C=O) groups is 2. The molecule has 0 saturated carbocycles. The van der Waals surface area contributed by atoms with Crippen molar-refractivity contribution < 1.29 is 24.0 Å². The fraction of sp³-hybridized carbons (Fsp3) is 0.273. The highest BCUT2D eigenvalue weighted by molar-refractivity contribution is 5.92. The second-order valence-corrected chi connectivity index (χ2v) is 3.60. The number of esters is 2. The van der Waals surface area contributed by atoms with Gasteiger partial charge < -0.3 is 15.2 Å². The van der Waals surface area contributed by atoms with Crippen molar-refractivity contribution in [3.8, 4) is 0 Å². The molecule has 0 aromatic heterocycles. The van der Waals surface area contributed by atoms with Gasteiger partial charge in [-0.15, -0.1) is 0 Å². The molecule has 0 aliphatic rings. The maximum atomic E-state index is 11.7. The highest BCUT2D eigenvalue weighted by Crippen LogP contribution is 2.22. The third-order valence-corrected chi connectivity index (χ3v) is 2.28. The third kappa shape index (κ3) is 3.41. The Bertz CT molecular complexity index is 528. The molecule has 0 spiro atoms. The van der Waals surface area contributed by atoms with Crippen LogP contribution in [0.25, 0.3) is 0 Å². The number of hydrogen-bond donors (Lipinski definition) is 1. The van der Waals surface area contributed by atoms with Crippen molar-refractivity contribution in [3.05, 3.63) is 33.9 Å². The smallest absolute Gasteiger partial charge is 0.346 e. The van der Waals surface area contributed by atoms with Gasteiger partial charge in [0.2, 0.25) is 0 Å². The van der Waals surface area contributed by atoms with Gasteiger partial charge in [-0.2, -0.15) is 0 Å². The molecule has 0 aliphatic heterocycles. The maximum absolute atomic E-state index is 11.7. The van der Waals surface area contributed by atoms with E-state index < -0.39 is 28.7 Å². The van der Waals surface area contributed by atoms with E-state index in [0.717, 1.165) is 13.2 Å². The highest BCUT2D eigenvalue weighted by Gasteiger charge is 2.21. The van der Waals surface area contributed by atoms with E-state index in [9.17, 15) is 19.7 Å². The minimum Gasteiger partial charge on any atom is -0.466 e. The molecule has 1 aromatic rings. The van der Waals surface area contributed by atoms with Gasteiger partial charge in [-0.05, 0) is 19.1 Å². The largest absolute Gasteiger partial charge is 0.466 e. The quantitative estimate of drug-likeness (QED) is 0.372. The van der Waals surface area contributed by atoms with Crippen molar-refractivity contribution >= 4 is 23.3 Å². The number of nitrogens with two attached hydrogens (primary N) is 1. The molecule has 8 heteroatoms. The van der Waals surface area contributed by atoms with Crippen LogP contribution in [0.5, 0.6) is 0 Å². The minimum absolute atomic E-state index is 0.0671. The van der Waals surface area contributed by atoms with E-state index in [1.807, 2.05) is 0 Å². The van der Waals surface area contributed by atoms with E-state index in [1.165, 1.54) is 19.1 Å². The number of nitrogen functional groups attached to an aromatic ring is 1. The van der Waals surface area contributed by atoms with Crippen LogP contribution in [0.4, 0.5) is 11.4 Å². The number of nitro groups is 1. The highest BCUT2D eigenvalue weighted by atomic mass is 16.6. The summed E-state index contributed by atoms with van der Waals surface area (Å²) >= 11 is 0. The Morgan fingerprint density at radius 1 is 1.42 bits per heavy atom. The SMILES string of the molecule is COC(=O)[C@@H](C)OC(=O)c1ccc(N)c([N+](=O)[O-])c1. The normalized spacial score (nSPS) is 11.5. The van der Waals surface area contributed by atoms with Gasteiger partial charge in [0.05, 0.1) is 17.6 Å². The van der Waals surface area contributed by atoms with Crippen LogP contribution >= 0.6 is 0 Å². The molecule has 8 nitrogen and oxygen atoms in total. The van der Waals surface area contributed by atoms with Crippen LogP contribution in [-0.4, -0.2) is 30.1 Å².